The van der Waals surface area contributed by atoms with E-state index in [0.29, 0.717) is 0 Å². The molecule has 0 amide bonds. The highest BCUT2D eigenvalue weighted by atomic mass is 16.5. The number of benzene rings is 2. The topological polar surface area (TPSA) is 18.5 Å². The standard InChI is InChI=1S/C23H25O2/c1-5-16-15-22(17-7-11-19(24-3)12-8-17)21(6-2)23(16)18-9-13-20(25-4)14-10-18/h7-15H,5-6H2,1-4H3. The summed E-state index contributed by atoms with van der Waals surface area (Å²) in [6.07, 6.45) is 4.37. The van der Waals surface area contributed by atoms with Gasteiger partial charge in [-0.3, -0.25) is 0 Å². The molecule has 0 spiro atoms. The fourth-order valence-electron chi connectivity index (χ4n) is 3.45. The second-order valence-corrected chi connectivity index (χ2v) is 6.10. The molecule has 25 heavy (non-hydrogen) atoms. The molecule has 3 rings (SSSR count). The molecule has 0 atom stereocenters. The SMILES string of the molecule is CC[C]1[CH][C](c2ccc(OC)cc2)[C](CC)[C]1c1ccc(OC)cc1. The van der Waals surface area contributed by atoms with Gasteiger partial charge in [-0.25, -0.2) is 0 Å². The van der Waals surface area contributed by atoms with E-state index in [4.69, 9.17) is 9.47 Å². The third kappa shape index (κ3) is 3.53. The molecule has 0 aromatic heterocycles. The number of hydrogen-bond donors (Lipinski definition) is 0. The van der Waals surface area contributed by atoms with Gasteiger partial charge in [0, 0.05) is 11.8 Å². The van der Waals surface area contributed by atoms with Crippen molar-refractivity contribution < 1.29 is 9.47 Å². The van der Waals surface area contributed by atoms with Crippen LogP contribution < -0.4 is 9.47 Å². The molecule has 0 unspecified atom stereocenters. The number of hydrogen-bond acceptors (Lipinski definition) is 2. The first-order valence-electron chi connectivity index (χ1n) is 8.82. The summed E-state index contributed by atoms with van der Waals surface area (Å²) in [5.74, 6) is 7.28. The van der Waals surface area contributed by atoms with Crippen molar-refractivity contribution in [3.05, 3.63) is 89.8 Å². The second kappa shape index (κ2) is 7.95. The lowest BCUT2D eigenvalue weighted by Crippen LogP contribution is -2.13. The highest BCUT2D eigenvalue weighted by Crippen LogP contribution is 2.55. The zero-order valence-corrected chi connectivity index (χ0v) is 15.4. The molecule has 1 fully saturated rings. The van der Waals surface area contributed by atoms with E-state index in [9.17, 15) is 0 Å². The van der Waals surface area contributed by atoms with Gasteiger partial charge >= 0.3 is 0 Å². The van der Waals surface area contributed by atoms with Gasteiger partial charge in [-0.2, -0.15) is 0 Å². The first-order chi connectivity index (χ1) is 12.2. The Morgan fingerprint density at radius 3 is 1.64 bits per heavy atom. The van der Waals surface area contributed by atoms with E-state index in [0.717, 1.165) is 24.3 Å². The molecule has 2 nitrogen and oxygen atoms in total. The van der Waals surface area contributed by atoms with Crippen molar-refractivity contribution in [2.45, 2.75) is 26.7 Å². The zero-order chi connectivity index (χ0) is 17.8. The number of ether oxygens (including phenoxy) is 2. The molecule has 2 aromatic rings. The van der Waals surface area contributed by atoms with Crippen LogP contribution >= 0.6 is 0 Å². The largest absolute Gasteiger partial charge is 0.497 e. The van der Waals surface area contributed by atoms with E-state index in [1.165, 1.54) is 34.8 Å². The molecule has 0 bridgehead atoms. The Kier molecular flexibility index (Phi) is 5.67. The van der Waals surface area contributed by atoms with Crippen LogP contribution in [0.4, 0.5) is 0 Å². The van der Waals surface area contributed by atoms with Crippen molar-refractivity contribution in [2.24, 2.45) is 0 Å². The molecule has 129 valence electrons. The summed E-state index contributed by atoms with van der Waals surface area (Å²) >= 11 is 0. The highest BCUT2D eigenvalue weighted by molar-refractivity contribution is 5.69. The fourth-order valence-corrected chi connectivity index (χ4v) is 3.45. The molecule has 2 aromatic carbocycles. The summed E-state index contributed by atoms with van der Waals surface area (Å²) < 4.78 is 10.6. The van der Waals surface area contributed by atoms with Crippen molar-refractivity contribution in [1.29, 1.82) is 0 Å². The molecule has 0 N–H and O–H groups in total. The Morgan fingerprint density at radius 1 is 0.680 bits per heavy atom. The van der Waals surface area contributed by atoms with E-state index in [1.807, 2.05) is 24.3 Å². The molecule has 5 radical (unpaired) electrons. The van der Waals surface area contributed by atoms with Gasteiger partial charge in [0.15, 0.2) is 0 Å². The van der Waals surface area contributed by atoms with Crippen LogP contribution in [0.3, 0.4) is 0 Å². The molecule has 0 heterocycles. The van der Waals surface area contributed by atoms with E-state index >= 15 is 0 Å². The maximum absolute atomic E-state index is 5.30. The van der Waals surface area contributed by atoms with Gasteiger partial charge in [0.2, 0.25) is 0 Å². The smallest absolute Gasteiger partial charge is 0.118 e. The van der Waals surface area contributed by atoms with Gasteiger partial charge in [-0.05, 0) is 66.5 Å². The molecular weight excluding hydrogens is 308 g/mol. The van der Waals surface area contributed by atoms with E-state index in [-0.39, 0.29) is 0 Å². The van der Waals surface area contributed by atoms with Crippen molar-refractivity contribution in [3.8, 4) is 11.5 Å². The van der Waals surface area contributed by atoms with Gasteiger partial charge in [-0.15, -0.1) is 0 Å². The van der Waals surface area contributed by atoms with Crippen molar-refractivity contribution >= 4 is 0 Å². The first kappa shape index (κ1) is 17.8. The molecular formula is C23H25O2. The van der Waals surface area contributed by atoms with Crippen molar-refractivity contribution in [2.75, 3.05) is 14.2 Å². The van der Waals surface area contributed by atoms with E-state index < -0.39 is 0 Å². The van der Waals surface area contributed by atoms with Gasteiger partial charge in [0.05, 0.1) is 14.2 Å². The lowest BCUT2D eigenvalue weighted by atomic mass is 9.78. The molecule has 0 saturated heterocycles. The van der Waals surface area contributed by atoms with E-state index in [1.54, 1.807) is 14.2 Å². The van der Waals surface area contributed by atoms with Crippen LogP contribution in [0.15, 0.2) is 48.5 Å². The summed E-state index contributed by atoms with van der Waals surface area (Å²) in [6.45, 7) is 4.45. The number of rotatable bonds is 6. The Hall–Kier alpha value is -1.96. The van der Waals surface area contributed by atoms with Crippen molar-refractivity contribution in [1.82, 2.24) is 0 Å². The Balaban J connectivity index is 1.91. The van der Waals surface area contributed by atoms with Gasteiger partial charge in [0.1, 0.15) is 11.5 Å². The third-order valence-corrected chi connectivity index (χ3v) is 4.78. The average molecular weight is 333 g/mol. The van der Waals surface area contributed by atoms with Crippen LogP contribution in [0, 0.1) is 30.1 Å². The second-order valence-electron chi connectivity index (χ2n) is 6.10. The molecule has 1 saturated carbocycles. The zero-order valence-electron chi connectivity index (χ0n) is 15.4. The minimum absolute atomic E-state index is 0.888. The normalized spacial score (nSPS) is 17.1. The lowest BCUT2D eigenvalue weighted by Gasteiger charge is -2.25. The van der Waals surface area contributed by atoms with Crippen LogP contribution in [0.2, 0.25) is 0 Å². The molecule has 0 aliphatic heterocycles. The predicted molar refractivity (Wildman–Crippen MR) is 102 cm³/mol. The fraction of sp³-hybridized carbons (Fsp3) is 0.261. The summed E-state index contributed by atoms with van der Waals surface area (Å²) in [5.41, 5.74) is 2.50. The summed E-state index contributed by atoms with van der Waals surface area (Å²) in [7, 11) is 3.40. The van der Waals surface area contributed by atoms with Gasteiger partial charge < -0.3 is 9.47 Å². The van der Waals surface area contributed by atoms with Crippen LogP contribution in [-0.4, -0.2) is 14.2 Å². The molecule has 1 aliphatic rings. The highest BCUT2D eigenvalue weighted by Gasteiger charge is 2.44. The monoisotopic (exact) mass is 333 g/mol. The molecule has 2 heteroatoms. The minimum atomic E-state index is 0.888. The summed E-state index contributed by atoms with van der Waals surface area (Å²) in [6, 6.07) is 16.7. The van der Waals surface area contributed by atoms with Crippen LogP contribution in [0.25, 0.3) is 0 Å². The lowest BCUT2D eigenvalue weighted by molar-refractivity contribution is 0.414. The van der Waals surface area contributed by atoms with Crippen LogP contribution in [0.1, 0.15) is 37.8 Å². The van der Waals surface area contributed by atoms with Crippen LogP contribution in [-0.2, 0) is 0 Å². The number of methoxy groups -OCH3 is 2. The summed E-state index contributed by atoms with van der Waals surface area (Å²) in [4.78, 5) is 0. The minimum Gasteiger partial charge on any atom is -0.497 e. The Morgan fingerprint density at radius 2 is 1.20 bits per heavy atom. The first-order valence-corrected chi connectivity index (χ1v) is 8.82. The van der Waals surface area contributed by atoms with Gasteiger partial charge in [0.25, 0.3) is 0 Å². The summed E-state index contributed by atoms with van der Waals surface area (Å²) in [5, 5.41) is 0. The quantitative estimate of drug-likeness (QED) is 0.701. The predicted octanol–water partition coefficient (Wildman–Crippen LogP) is 5.44. The third-order valence-electron chi connectivity index (χ3n) is 4.78. The Labute approximate surface area is 152 Å². The maximum Gasteiger partial charge on any atom is 0.118 e. The Bertz CT molecular complexity index is 659. The average Bonchev–Trinajstić information content (AvgIpc) is 3.06. The molecule has 1 aliphatic carbocycles. The van der Waals surface area contributed by atoms with Gasteiger partial charge in [-0.1, -0.05) is 38.1 Å². The maximum atomic E-state index is 5.30. The van der Waals surface area contributed by atoms with Crippen LogP contribution in [0.5, 0.6) is 11.5 Å². The van der Waals surface area contributed by atoms with E-state index in [2.05, 4.69) is 44.5 Å². The van der Waals surface area contributed by atoms with Crippen molar-refractivity contribution in [3.63, 3.8) is 0 Å².